The third-order valence-electron chi connectivity index (χ3n) is 4.60. The van der Waals surface area contributed by atoms with Crippen molar-refractivity contribution < 1.29 is 23.3 Å². The van der Waals surface area contributed by atoms with E-state index >= 15 is 0 Å². The average molecular weight is 472 g/mol. The lowest BCUT2D eigenvalue weighted by Crippen LogP contribution is -2.26. The SMILES string of the molecule is CCS(=O)c1ccccc1C(=O)OC(C(=O)Nc1ccc(OC)c(Cl)c1)c1ccccc1. The molecule has 8 heteroatoms. The van der Waals surface area contributed by atoms with Crippen LogP contribution in [0.15, 0.2) is 77.7 Å². The smallest absolute Gasteiger partial charge is 0.340 e. The minimum atomic E-state index is -1.36. The van der Waals surface area contributed by atoms with Gasteiger partial charge >= 0.3 is 5.97 Å². The standard InChI is InChI=1S/C24H22ClNO5S/c1-3-32(29)21-12-8-7-11-18(21)24(28)31-22(16-9-5-4-6-10-16)23(27)26-17-13-14-20(30-2)19(25)15-17/h4-15,22H,3H2,1-2H3,(H,26,27). The number of hydrogen-bond donors (Lipinski definition) is 1. The Morgan fingerprint density at radius 1 is 1.03 bits per heavy atom. The van der Waals surface area contributed by atoms with Gasteiger partial charge < -0.3 is 14.8 Å². The van der Waals surface area contributed by atoms with Crippen LogP contribution in [-0.2, 0) is 20.3 Å². The van der Waals surface area contributed by atoms with Crippen molar-refractivity contribution in [3.63, 3.8) is 0 Å². The molecule has 0 aliphatic rings. The maximum absolute atomic E-state index is 13.1. The molecule has 1 N–H and O–H groups in total. The quantitative estimate of drug-likeness (QED) is 0.467. The average Bonchev–Trinajstić information content (AvgIpc) is 2.82. The van der Waals surface area contributed by atoms with Crippen molar-refractivity contribution in [1.29, 1.82) is 0 Å². The van der Waals surface area contributed by atoms with Crippen LogP contribution in [0.4, 0.5) is 5.69 Å². The Labute approximate surface area is 194 Å². The number of halogens is 1. The Hall–Kier alpha value is -3.16. The minimum Gasteiger partial charge on any atom is -0.495 e. The normalized spacial score (nSPS) is 12.5. The van der Waals surface area contributed by atoms with Crippen molar-refractivity contribution in [1.82, 2.24) is 0 Å². The molecule has 2 unspecified atom stereocenters. The monoisotopic (exact) mass is 471 g/mol. The van der Waals surface area contributed by atoms with Crippen molar-refractivity contribution in [2.24, 2.45) is 0 Å². The summed E-state index contributed by atoms with van der Waals surface area (Å²) in [7, 11) is 0.136. The Morgan fingerprint density at radius 3 is 2.38 bits per heavy atom. The van der Waals surface area contributed by atoms with E-state index in [4.69, 9.17) is 21.1 Å². The Morgan fingerprint density at radius 2 is 1.72 bits per heavy atom. The summed E-state index contributed by atoms with van der Waals surface area (Å²) >= 11 is 6.14. The molecule has 3 aromatic carbocycles. The summed E-state index contributed by atoms with van der Waals surface area (Å²) in [5, 5.41) is 3.05. The number of hydrogen-bond acceptors (Lipinski definition) is 5. The zero-order valence-corrected chi connectivity index (χ0v) is 19.1. The summed E-state index contributed by atoms with van der Waals surface area (Å²) in [6, 6.07) is 20.0. The number of anilines is 1. The van der Waals surface area contributed by atoms with E-state index in [0.29, 0.717) is 32.7 Å². The molecule has 0 aliphatic carbocycles. The van der Waals surface area contributed by atoms with Crippen molar-refractivity contribution in [2.75, 3.05) is 18.2 Å². The molecule has 0 aliphatic heterocycles. The molecule has 0 heterocycles. The van der Waals surface area contributed by atoms with Gasteiger partial charge in [-0.15, -0.1) is 0 Å². The molecule has 0 fully saturated rings. The molecular formula is C24H22ClNO5S. The Balaban J connectivity index is 1.89. The van der Waals surface area contributed by atoms with Crippen LogP contribution in [0.25, 0.3) is 0 Å². The molecule has 0 spiro atoms. The number of ether oxygens (including phenoxy) is 2. The van der Waals surface area contributed by atoms with Crippen LogP contribution in [-0.4, -0.2) is 28.9 Å². The van der Waals surface area contributed by atoms with Crippen molar-refractivity contribution >= 4 is 40.0 Å². The topological polar surface area (TPSA) is 81.7 Å². The van der Waals surface area contributed by atoms with Gasteiger partial charge in [-0.05, 0) is 30.3 Å². The maximum atomic E-state index is 13.1. The summed E-state index contributed by atoms with van der Waals surface area (Å²) in [6.07, 6.45) is -1.23. The lowest BCUT2D eigenvalue weighted by Gasteiger charge is -2.19. The number of methoxy groups -OCH3 is 1. The fourth-order valence-electron chi connectivity index (χ4n) is 3.01. The van der Waals surface area contributed by atoms with Gasteiger partial charge in [-0.3, -0.25) is 9.00 Å². The first-order valence-corrected chi connectivity index (χ1v) is 11.5. The van der Waals surface area contributed by atoms with Crippen LogP contribution in [0.1, 0.15) is 28.9 Å². The predicted octanol–water partition coefficient (Wildman–Crippen LogP) is 5.01. The highest BCUT2D eigenvalue weighted by atomic mass is 35.5. The fraction of sp³-hybridized carbons (Fsp3) is 0.167. The number of nitrogens with one attached hydrogen (secondary N) is 1. The second kappa shape index (κ2) is 10.9. The number of benzene rings is 3. The maximum Gasteiger partial charge on any atom is 0.340 e. The molecule has 0 radical (unpaired) electrons. The number of amides is 1. The summed E-state index contributed by atoms with van der Waals surface area (Å²) in [4.78, 5) is 26.5. The number of rotatable bonds is 8. The molecule has 166 valence electrons. The van der Waals surface area contributed by atoms with E-state index in [1.165, 1.54) is 13.2 Å². The van der Waals surface area contributed by atoms with E-state index in [2.05, 4.69) is 5.32 Å². The van der Waals surface area contributed by atoms with Crippen LogP contribution < -0.4 is 10.1 Å². The molecular weight excluding hydrogens is 450 g/mol. The zero-order chi connectivity index (χ0) is 23.1. The van der Waals surface area contributed by atoms with E-state index in [1.807, 2.05) is 0 Å². The number of carbonyl (C=O) groups excluding carboxylic acids is 2. The molecule has 0 saturated carbocycles. The third kappa shape index (κ3) is 5.55. The first kappa shape index (κ1) is 23.5. The molecule has 0 aromatic heterocycles. The highest BCUT2D eigenvalue weighted by Gasteiger charge is 2.27. The van der Waals surface area contributed by atoms with Gasteiger partial charge in [0.25, 0.3) is 5.91 Å². The lowest BCUT2D eigenvalue weighted by atomic mass is 10.1. The van der Waals surface area contributed by atoms with E-state index in [1.54, 1.807) is 73.7 Å². The molecule has 3 rings (SSSR count). The molecule has 32 heavy (non-hydrogen) atoms. The van der Waals surface area contributed by atoms with Crippen molar-refractivity contribution in [2.45, 2.75) is 17.9 Å². The van der Waals surface area contributed by atoms with Gasteiger partial charge in [0.2, 0.25) is 6.10 Å². The lowest BCUT2D eigenvalue weighted by molar-refractivity contribution is -0.125. The molecule has 2 atom stereocenters. The minimum absolute atomic E-state index is 0.161. The van der Waals surface area contributed by atoms with E-state index in [0.717, 1.165) is 0 Å². The van der Waals surface area contributed by atoms with Gasteiger partial charge in [0.15, 0.2) is 0 Å². The van der Waals surface area contributed by atoms with Gasteiger partial charge in [-0.25, -0.2) is 4.79 Å². The first-order valence-electron chi connectivity index (χ1n) is 9.82. The second-order valence-corrected chi connectivity index (χ2v) is 8.78. The Bertz CT molecular complexity index is 1140. The van der Waals surface area contributed by atoms with E-state index < -0.39 is 28.8 Å². The highest BCUT2D eigenvalue weighted by Crippen LogP contribution is 2.29. The van der Waals surface area contributed by atoms with Crippen LogP contribution >= 0.6 is 11.6 Å². The third-order valence-corrected chi connectivity index (χ3v) is 6.27. The van der Waals surface area contributed by atoms with Gasteiger partial charge in [0, 0.05) is 17.0 Å². The predicted molar refractivity (Wildman–Crippen MR) is 125 cm³/mol. The largest absolute Gasteiger partial charge is 0.495 e. The summed E-state index contributed by atoms with van der Waals surface area (Å²) in [6.45, 7) is 1.76. The Kier molecular flexibility index (Phi) is 8.03. The van der Waals surface area contributed by atoms with Gasteiger partial charge in [0.1, 0.15) is 5.75 Å². The first-order chi connectivity index (χ1) is 15.4. The summed E-state index contributed by atoms with van der Waals surface area (Å²) in [5.74, 6) is -0.472. The van der Waals surface area contributed by atoms with Gasteiger partial charge in [-0.2, -0.15) is 0 Å². The van der Waals surface area contributed by atoms with E-state index in [-0.39, 0.29) is 5.56 Å². The number of esters is 1. The van der Waals surface area contributed by atoms with Crippen LogP contribution in [0.2, 0.25) is 5.02 Å². The number of carbonyl (C=O) groups is 2. The zero-order valence-electron chi connectivity index (χ0n) is 17.5. The second-order valence-electron chi connectivity index (χ2n) is 6.66. The van der Waals surface area contributed by atoms with E-state index in [9.17, 15) is 13.8 Å². The molecule has 3 aromatic rings. The van der Waals surface area contributed by atoms with Crippen molar-refractivity contribution in [3.8, 4) is 5.75 Å². The fourth-order valence-corrected chi connectivity index (χ4v) is 4.21. The van der Waals surface area contributed by atoms with Crippen LogP contribution in [0, 0.1) is 0 Å². The molecule has 1 amide bonds. The van der Waals surface area contributed by atoms with Gasteiger partial charge in [-0.1, -0.05) is 61.0 Å². The summed E-state index contributed by atoms with van der Waals surface area (Å²) in [5.41, 5.74) is 1.08. The molecule has 0 bridgehead atoms. The van der Waals surface area contributed by atoms with Crippen molar-refractivity contribution in [3.05, 3.63) is 88.9 Å². The van der Waals surface area contributed by atoms with Crippen LogP contribution in [0.3, 0.4) is 0 Å². The highest BCUT2D eigenvalue weighted by molar-refractivity contribution is 7.85. The molecule has 6 nitrogen and oxygen atoms in total. The molecule has 0 saturated heterocycles. The summed E-state index contributed by atoms with van der Waals surface area (Å²) < 4.78 is 23.1. The van der Waals surface area contributed by atoms with Crippen LogP contribution in [0.5, 0.6) is 5.75 Å². The van der Waals surface area contributed by atoms with Gasteiger partial charge in [0.05, 0.1) is 33.4 Å².